The smallest absolute Gasteiger partial charge is 0.251 e. The maximum Gasteiger partial charge on any atom is 0.251 e. The van der Waals surface area contributed by atoms with E-state index in [-0.39, 0.29) is 11.8 Å². The van der Waals surface area contributed by atoms with Gasteiger partial charge in [-0.1, -0.05) is 19.1 Å². The first-order chi connectivity index (χ1) is 11.7. The van der Waals surface area contributed by atoms with Gasteiger partial charge in [-0.15, -0.1) is 0 Å². The molecule has 1 aromatic heterocycles. The predicted molar refractivity (Wildman–Crippen MR) is 91.6 cm³/mol. The van der Waals surface area contributed by atoms with Gasteiger partial charge < -0.3 is 14.8 Å². The topological polar surface area (TPSA) is 60.5 Å². The Labute approximate surface area is 142 Å². The van der Waals surface area contributed by atoms with Crippen molar-refractivity contribution in [3.05, 3.63) is 53.3 Å². The normalized spacial score (nSPS) is 16.0. The molecule has 5 nitrogen and oxygen atoms in total. The van der Waals surface area contributed by atoms with E-state index in [2.05, 4.69) is 10.3 Å². The lowest BCUT2D eigenvalue weighted by Crippen LogP contribution is -2.35. The van der Waals surface area contributed by atoms with Crippen LogP contribution in [0.1, 0.15) is 28.5 Å². The average molecular weight is 326 g/mol. The number of hydrogen-bond donors (Lipinski definition) is 1. The van der Waals surface area contributed by atoms with E-state index in [0.717, 1.165) is 35.6 Å². The second-order valence-corrected chi connectivity index (χ2v) is 5.93. The number of methoxy groups -OCH3 is 1. The molecule has 1 aromatic carbocycles. The molecule has 1 atom stereocenters. The number of hydrogen-bond acceptors (Lipinski definition) is 4. The van der Waals surface area contributed by atoms with E-state index in [0.29, 0.717) is 18.7 Å². The number of carbonyl (C=O) groups excluding carboxylic acids is 1. The van der Waals surface area contributed by atoms with Crippen LogP contribution >= 0.6 is 0 Å². The van der Waals surface area contributed by atoms with Gasteiger partial charge in [0.2, 0.25) is 0 Å². The molecule has 1 aliphatic heterocycles. The number of aromatic nitrogens is 1. The third-order valence-corrected chi connectivity index (χ3v) is 4.24. The molecule has 2 heterocycles. The molecule has 24 heavy (non-hydrogen) atoms. The summed E-state index contributed by atoms with van der Waals surface area (Å²) in [5.41, 5.74) is 2.70. The number of carbonyl (C=O) groups is 1. The zero-order valence-electron chi connectivity index (χ0n) is 14.0. The van der Waals surface area contributed by atoms with Crippen molar-refractivity contribution >= 4 is 5.91 Å². The Bertz CT molecular complexity index is 730. The van der Waals surface area contributed by atoms with E-state index < -0.39 is 0 Å². The molecule has 0 bridgehead atoms. The van der Waals surface area contributed by atoms with Crippen LogP contribution in [-0.2, 0) is 12.8 Å². The molecule has 1 amide bonds. The van der Waals surface area contributed by atoms with E-state index in [4.69, 9.17) is 9.47 Å². The Morgan fingerprint density at radius 3 is 3.08 bits per heavy atom. The summed E-state index contributed by atoms with van der Waals surface area (Å²) < 4.78 is 11.2. The standard InChI is InChI=1S/C19H22N2O3/c1-3-16-10-15(7-8-20-16)19(22)21-11-13-9-14-5-4-6-17(23-2)18(14)24-12-13/h4-8,10,13H,3,9,11-12H2,1-2H3,(H,21,22)/t13-/m1/s1. The van der Waals surface area contributed by atoms with Crippen LogP contribution in [0.5, 0.6) is 11.5 Å². The monoisotopic (exact) mass is 326 g/mol. The maximum atomic E-state index is 12.3. The van der Waals surface area contributed by atoms with Gasteiger partial charge in [0.15, 0.2) is 11.5 Å². The van der Waals surface area contributed by atoms with Gasteiger partial charge in [0.1, 0.15) is 0 Å². The Morgan fingerprint density at radius 2 is 2.29 bits per heavy atom. The number of para-hydroxylation sites is 1. The highest BCUT2D eigenvalue weighted by Gasteiger charge is 2.23. The number of amides is 1. The summed E-state index contributed by atoms with van der Waals surface area (Å²) in [4.78, 5) is 16.5. The predicted octanol–water partition coefficient (Wildman–Crippen LogP) is 2.63. The maximum absolute atomic E-state index is 12.3. The third-order valence-electron chi connectivity index (χ3n) is 4.24. The van der Waals surface area contributed by atoms with E-state index in [1.807, 2.05) is 31.2 Å². The zero-order chi connectivity index (χ0) is 16.9. The van der Waals surface area contributed by atoms with E-state index in [9.17, 15) is 4.79 Å². The summed E-state index contributed by atoms with van der Waals surface area (Å²) in [5, 5.41) is 3.00. The lowest BCUT2D eigenvalue weighted by molar-refractivity contribution is 0.0938. The highest BCUT2D eigenvalue weighted by atomic mass is 16.5. The summed E-state index contributed by atoms with van der Waals surface area (Å²) in [6.07, 6.45) is 3.36. The van der Waals surface area contributed by atoms with Crippen molar-refractivity contribution in [3.63, 3.8) is 0 Å². The molecule has 0 saturated heterocycles. The van der Waals surface area contributed by atoms with Crippen molar-refractivity contribution in [3.8, 4) is 11.5 Å². The van der Waals surface area contributed by atoms with Gasteiger partial charge in [-0.2, -0.15) is 0 Å². The van der Waals surface area contributed by atoms with Gasteiger partial charge in [-0.05, 0) is 36.6 Å². The van der Waals surface area contributed by atoms with Crippen molar-refractivity contribution in [1.82, 2.24) is 10.3 Å². The van der Waals surface area contributed by atoms with Crippen molar-refractivity contribution < 1.29 is 14.3 Å². The summed E-state index contributed by atoms with van der Waals surface area (Å²) in [5.74, 6) is 1.77. The van der Waals surface area contributed by atoms with Gasteiger partial charge in [0, 0.05) is 29.9 Å². The average Bonchev–Trinajstić information content (AvgIpc) is 2.65. The van der Waals surface area contributed by atoms with Crippen LogP contribution < -0.4 is 14.8 Å². The third kappa shape index (κ3) is 3.50. The molecular weight excluding hydrogens is 304 g/mol. The molecule has 0 fully saturated rings. The van der Waals surface area contributed by atoms with Crippen LogP contribution in [0.15, 0.2) is 36.5 Å². The molecule has 1 N–H and O–H groups in total. The van der Waals surface area contributed by atoms with Crippen LogP contribution in [-0.4, -0.2) is 31.2 Å². The second kappa shape index (κ2) is 7.34. The first-order valence-corrected chi connectivity index (χ1v) is 8.23. The number of aryl methyl sites for hydroxylation is 1. The molecular formula is C19H22N2O3. The first-order valence-electron chi connectivity index (χ1n) is 8.23. The van der Waals surface area contributed by atoms with Crippen molar-refractivity contribution in [1.29, 1.82) is 0 Å². The van der Waals surface area contributed by atoms with Crippen LogP contribution in [0, 0.1) is 5.92 Å². The van der Waals surface area contributed by atoms with E-state index in [1.165, 1.54) is 0 Å². The summed E-state index contributed by atoms with van der Waals surface area (Å²) >= 11 is 0. The summed E-state index contributed by atoms with van der Waals surface area (Å²) in [7, 11) is 1.64. The highest BCUT2D eigenvalue weighted by Crippen LogP contribution is 2.35. The molecule has 0 saturated carbocycles. The lowest BCUT2D eigenvalue weighted by atomic mass is 9.96. The number of fused-ring (bicyclic) bond motifs is 1. The largest absolute Gasteiger partial charge is 0.493 e. The van der Waals surface area contributed by atoms with Gasteiger partial charge in [-0.3, -0.25) is 9.78 Å². The Balaban J connectivity index is 1.60. The molecule has 0 radical (unpaired) electrons. The number of ether oxygens (including phenoxy) is 2. The van der Waals surface area contributed by atoms with Gasteiger partial charge in [0.25, 0.3) is 5.91 Å². The van der Waals surface area contributed by atoms with Crippen molar-refractivity contribution in [2.45, 2.75) is 19.8 Å². The Morgan fingerprint density at radius 1 is 1.42 bits per heavy atom. The minimum absolute atomic E-state index is 0.0662. The molecule has 5 heteroatoms. The molecule has 0 unspecified atom stereocenters. The van der Waals surface area contributed by atoms with Gasteiger partial charge >= 0.3 is 0 Å². The number of benzene rings is 1. The molecule has 0 aliphatic carbocycles. The van der Waals surface area contributed by atoms with E-state index >= 15 is 0 Å². The van der Waals surface area contributed by atoms with Gasteiger partial charge in [-0.25, -0.2) is 0 Å². The minimum atomic E-state index is -0.0662. The van der Waals surface area contributed by atoms with Crippen LogP contribution in [0.3, 0.4) is 0 Å². The molecule has 2 aromatic rings. The zero-order valence-corrected chi connectivity index (χ0v) is 14.0. The van der Waals surface area contributed by atoms with Crippen LogP contribution in [0.4, 0.5) is 0 Å². The second-order valence-electron chi connectivity index (χ2n) is 5.93. The van der Waals surface area contributed by atoms with Crippen molar-refractivity contribution in [2.75, 3.05) is 20.3 Å². The number of nitrogens with one attached hydrogen (secondary N) is 1. The minimum Gasteiger partial charge on any atom is -0.493 e. The van der Waals surface area contributed by atoms with Crippen LogP contribution in [0.25, 0.3) is 0 Å². The Kier molecular flexibility index (Phi) is 4.99. The summed E-state index contributed by atoms with van der Waals surface area (Å²) in [6.45, 7) is 3.18. The molecule has 3 rings (SSSR count). The number of rotatable bonds is 5. The fourth-order valence-corrected chi connectivity index (χ4v) is 2.90. The number of pyridine rings is 1. The SMILES string of the molecule is CCc1cc(C(=O)NC[C@@H]2COc3c(cccc3OC)C2)ccn1. The molecule has 0 spiro atoms. The van der Waals surface area contributed by atoms with Crippen molar-refractivity contribution in [2.24, 2.45) is 5.92 Å². The fraction of sp³-hybridized carbons (Fsp3) is 0.368. The van der Waals surface area contributed by atoms with Crippen LogP contribution in [0.2, 0.25) is 0 Å². The fourth-order valence-electron chi connectivity index (χ4n) is 2.90. The highest BCUT2D eigenvalue weighted by molar-refractivity contribution is 5.94. The summed E-state index contributed by atoms with van der Waals surface area (Å²) in [6, 6.07) is 9.49. The van der Waals surface area contributed by atoms with E-state index in [1.54, 1.807) is 19.4 Å². The first kappa shape index (κ1) is 16.3. The Hall–Kier alpha value is -2.56. The molecule has 1 aliphatic rings. The quantitative estimate of drug-likeness (QED) is 0.917. The number of nitrogens with zero attached hydrogens (tertiary/aromatic N) is 1. The lowest BCUT2D eigenvalue weighted by Gasteiger charge is -2.26. The van der Waals surface area contributed by atoms with Gasteiger partial charge in [0.05, 0.1) is 13.7 Å². The molecule has 126 valence electrons.